The molecule has 0 bridgehead atoms. The monoisotopic (exact) mass is 201 g/mol. The Bertz CT molecular complexity index is 194. The van der Waals surface area contributed by atoms with Crippen molar-refractivity contribution in [3.05, 3.63) is 0 Å². The summed E-state index contributed by atoms with van der Waals surface area (Å²) in [6, 6.07) is -1.24. The molecule has 1 aliphatic heterocycles. The van der Waals surface area contributed by atoms with Gasteiger partial charge in [-0.2, -0.15) is 13.2 Å². The van der Waals surface area contributed by atoms with Crippen molar-refractivity contribution in [2.24, 2.45) is 5.92 Å². The maximum Gasteiger partial charge on any atom is 0.403 e. The molecule has 2 aliphatic rings. The fraction of sp³-hybridized carbons (Fsp3) is 1.00. The Hall–Kier alpha value is 0.0400. The molecule has 1 aliphatic carbocycles. The molecule has 12 heavy (non-hydrogen) atoms. The number of rotatable bonds is 0. The third-order valence-electron chi connectivity index (χ3n) is 2.83. The van der Waals surface area contributed by atoms with Gasteiger partial charge in [-0.15, -0.1) is 12.4 Å². The van der Waals surface area contributed by atoms with Gasteiger partial charge in [0.15, 0.2) is 0 Å². The lowest BCUT2D eigenvalue weighted by Crippen LogP contribution is -2.43. The highest BCUT2D eigenvalue weighted by Crippen LogP contribution is 2.53. The van der Waals surface area contributed by atoms with E-state index in [1.807, 2.05) is 6.92 Å². The molecule has 0 spiro atoms. The maximum absolute atomic E-state index is 12.1. The quantitative estimate of drug-likeness (QED) is 0.633. The molecule has 0 amide bonds. The summed E-state index contributed by atoms with van der Waals surface area (Å²) >= 11 is 0. The van der Waals surface area contributed by atoms with Crippen LogP contribution in [-0.2, 0) is 0 Å². The Labute approximate surface area is 75.1 Å². The summed E-state index contributed by atoms with van der Waals surface area (Å²) in [5.74, 6) is 0.272. The highest BCUT2D eigenvalue weighted by Gasteiger charge is 2.62. The summed E-state index contributed by atoms with van der Waals surface area (Å²) in [7, 11) is 0. The number of hydrogen-bond acceptors (Lipinski definition) is 1. The molecule has 3 atom stereocenters. The Balaban J connectivity index is 0.000000720. The molecule has 1 saturated carbocycles. The number of fused-ring (bicyclic) bond motifs is 1. The van der Waals surface area contributed by atoms with Crippen LogP contribution in [0.15, 0.2) is 0 Å². The molecule has 0 aromatic carbocycles. The van der Waals surface area contributed by atoms with Gasteiger partial charge in [-0.05, 0) is 25.7 Å². The molecular weight excluding hydrogens is 191 g/mol. The van der Waals surface area contributed by atoms with Gasteiger partial charge in [0.05, 0.1) is 0 Å². The van der Waals surface area contributed by atoms with Crippen molar-refractivity contribution in [1.29, 1.82) is 0 Å². The van der Waals surface area contributed by atoms with E-state index >= 15 is 0 Å². The highest BCUT2D eigenvalue weighted by molar-refractivity contribution is 5.85. The molecule has 5 heteroatoms. The molecular formula is C7H11ClF3N. The summed E-state index contributed by atoms with van der Waals surface area (Å²) in [5.41, 5.74) is -0.180. The summed E-state index contributed by atoms with van der Waals surface area (Å²) in [6.07, 6.45) is -2.85. The second-order valence-corrected chi connectivity index (χ2v) is 3.79. The van der Waals surface area contributed by atoms with Gasteiger partial charge in [-0.3, -0.25) is 0 Å². The van der Waals surface area contributed by atoms with Crippen LogP contribution in [-0.4, -0.2) is 17.8 Å². The average Bonchev–Trinajstić information content (AvgIpc) is 2.30. The fourth-order valence-corrected chi connectivity index (χ4v) is 1.93. The Morgan fingerprint density at radius 2 is 2.00 bits per heavy atom. The van der Waals surface area contributed by atoms with Crippen LogP contribution in [0.25, 0.3) is 0 Å². The van der Waals surface area contributed by atoms with E-state index in [1.165, 1.54) is 0 Å². The number of halogens is 4. The standard InChI is InChI=1S/C7H10F3N.ClH/c1-6-3-4(6)2-5(11-6)7(8,9)10;/h4-5,11H,2-3H2,1H3;1H. The first-order valence-electron chi connectivity index (χ1n) is 3.76. The summed E-state index contributed by atoms with van der Waals surface area (Å²) in [6.45, 7) is 1.86. The molecule has 1 nitrogen and oxygen atoms in total. The van der Waals surface area contributed by atoms with Gasteiger partial charge in [0.1, 0.15) is 6.04 Å². The molecule has 1 heterocycles. The largest absolute Gasteiger partial charge is 0.403 e. The Morgan fingerprint density at radius 1 is 1.42 bits per heavy atom. The lowest BCUT2D eigenvalue weighted by Gasteiger charge is -2.18. The van der Waals surface area contributed by atoms with E-state index in [9.17, 15) is 13.2 Å². The van der Waals surface area contributed by atoms with E-state index in [-0.39, 0.29) is 30.3 Å². The normalized spacial score (nSPS) is 45.0. The molecule has 0 aromatic rings. The van der Waals surface area contributed by atoms with Crippen molar-refractivity contribution in [3.63, 3.8) is 0 Å². The van der Waals surface area contributed by atoms with Gasteiger partial charge in [0.2, 0.25) is 0 Å². The zero-order valence-corrected chi connectivity index (χ0v) is 7.43. The van der Waals surface area contributed by atoms with Crippen molar-refractivity contribution >= 4 is 12.4 Å². The molecule has 2 rings (SSSR count). The third kappa shape index (κ3) is 1.42. The second-order valence-electron chi connectivity index (χ2n) is 3.79. The van der Waals surface area contributed by atoms with E-state index in [0.717, 1.165) is 6.42 Å². The molecule has 0 aromatic heterocycles. The SMILES string of the molecule is CC12CC1CC(C(F)(F)F)N2.Cl. The van der Waals surface area contributed by atoms with Crippen molar-refractivity contribution < 1.29 is 13.2 Å². The van der Waals surface area contributed by atoms with Gasteiger partial charge in [0, 0.05) is 5.54 Å². The molecule has 1 N–H and O–H groups in total. The topological polar surface area (TPSA) is 12.0 Å². The van der Waals surface area contributed by atoms with Crippen LogP contribution >= 0.6 is 12.4 Å². The van der Waals surface area contributed by atoms with E-state index in [1.54, 1.807) is 0 Å². The highest BCUT2D eigenvalue weighted by atomic mass is 35.5. The summed E-state index contributed by atoms with van der Waals surface area (Å²) in [4.78, 5) is 0. The average molecular weight is 202 g/mol. The first-order chi connectivity index (χ1) is 4.92. The molecule has 2 fully saturated rings. The third-order valence-corrected chi connectivity index (χ3v) is 2.83. The Morgan fingerprint density at radius 3 is 2.25 bits per heavy atom. The number of nitrogens with one attached hydrogen (secondary N) is 1. The van der Waals surface area contributed by atoms with Gasteiger partial charge < -0.3 is 5.32 Å². The first kappa shape index (κ1) is 10.1. The number of alkyl halides is 3. The van der Waals surface area contributed by atoms with E-state index < -0.39 is 12.2 Å². The predicted octanol–water partition coefficient (Wildman–Crippen LogP) is 2.11. The second kappa shape index (κ2) is 2.51. The molecule has 0 radical (unpaired) electrons. The van der Waals surface area contributed by atoms with Gasteiger partial charge >= 0.3 is 6.18 Å². The Kier molecular flexibility index (Phi) is 2.12. The summed E-state index contributed by atoms with van der Waals surface area (Å²) < 4.78 is 36.2. The van der Waals surface area contributed by atoms with Crippen molar-refractivity contribution in [2.75, 3.05) is 0 Å². The van der Waals surface area contributed by atoms with Crippen LogP contribution in [0.3, 0.4) is 0 Å². The van der Waals surface area contributed by atoms with Crippen molar-refractivity contribution in [3.8, 4) is 0 Å². The van der Waals surface area contributed by atoms with Crippen LogP contribution in [0, 0.1) is 5.92 Å². The fourth-order valence-electron chi connectivity index (χ4n) is 1.93. The summed E-state index contributed by atoms with van der Waals surface area (Å²) in [5, 5.41) is 2.62. The van der Waals surface area contributed by atoms with Gasteiger partial charge in [0.25, 0.3) is 0 Å². The van der Waals surface area contributed by atoms with E-state index in [4.69, 9.17) is 0 Å². The number of piperidine rings is 1. The zero-order valence-electron chi connectivity index (χ0n) is 6.61. The lowest BCUT2D eigenvalue weighted by molar-refractivity contribution is -0.155. The maximum atomic E-state index is 12.1. The van der Waals surface area contributed by atoms with Gasteiger partial charge in [-0.25, -0.2) is 0 Å². The number of hydrogen-bond donors (Lipinski definition) is 1. The smallest absolute Gasteiger partial charge is 0.301 e. The molecule has 72 valence electrons. The minimum absolute atomic E-state index is 0. The lowest BCUT2D eigenvalue weighted by atomic mass is 10.2. The van der Waals surface area contributed by atoms with Crippen LogP contribution in [0.5, 0.6) is 0 Å². The van der Waals surface area contributed by atoms with Crippen molar-refractivity contribution in [1.82, 2.24) is 5.32 Å². The van der Waals surface area contributed by atoms with Crippen LogP contribution in [0.2, 0.25) is 0 Å². The minimum Gasteiger partial charge on any atom is -0.301 e. The van der Waals surface area contributed by atoms with Crippen LogP contribution < -0.4 is 5.32 Å². The van der Waals surface area contributed by atoms with Crippen molar-refractivity contribution in [2.45, 2.75) is 37.5 Å². The van der Waals surface area contributed by atoms with E-state index in [2.05, 4.69) is 5.32 Å². The zero-order chi connectivity index (χ0) is 8.28. The minimum atomic E-state index is -4.05. The first-order valence-corrected chi connectivity index (χ1v) is 3.76. The molecule has 1 saturated heterocycles. The molecule has 3 unspecified atom stereocenters. The van der Waals surface area contributed by atoms with E-state index in [0.29, 0.717) is 0 Å². The predicted molar refractivity (Wildman–Crippen MR) is 41.4 cm³/mol. The van der Waals surface area contributed by atoms with Crippen LogP contribution in [0.4, 0.5) is 13.2 Å². The van der Waals surface area contributed by atoms with Crippen LogP contribution in [0.1, 0.15) is 19.8 Å². The van der Waals surface area contributed by atoms with Gasteiger partial charge in [-0.1, -0.05) is 0 Å².